The second-order valence-electron chi connectivity index (χ2n) is 10.8. The number of piperidine rings is 1. The zero-order chi connectivity index (χ0) is 24.9. The van der Waals surface area contributed by atoms with E-state index in [1.165, 1.54) is 5.56 Å². The molecule has 0 bridgehead atoms. The molecule has 2 saturated heterocycles. The van der Waals surface area contributed by atoms with Crippen LogP contribution in [0.5, 0.6) is 11.5 Å². The predicted molar refractivity (Wildman–Crippen MR) is 135 cm³/mol. The molecule has 0 amide bonds. The standard InChI is InChI=1S/C28H33N3O5/c1-28(2)17-35-24-5-3-4-21(26(24)36-28)18-8-11-30(12-9-18)16-25-29-22-7-6-19(27(32)33)14-23(22)31(25)15-20-10-13-34-20/h3-7,14,18,20H,8-13,15-17H2,1-2H3,(H,32,33). The molecule has 3 aromatic rings. The number of fused-ring (bicyclic) bond motifs is 2. The van der Waals surface area contributed by atoms with Crippen molar-refractivity contribution >= 4 is 17.0 Å². The third kappa shape index (κ3) is 4.44. The van der Waals surface area contributed by atoms with Crippen LogP contribution in [0.15, 0.2) is 36.4 Å². The number of carbonyl (C=O) groups is 1. The molecule has 3 aliphatic rings. The van der Waals surface area contributed by atoms with Crippen LogP contribution in [0.3, 0.4) is 0 Å². The largest absolute Gasteiger partial charge is 0.486 e. The molecule has 2 aromatic carbocycles. The Morgan fingerprint density at radius 3 is 2.69 bits per heavy atom. The van der Waals surface area contributed by atoms with Crippen molar-refractivity contribution < 1.29 is 24.1 Å². The van der Waals surface area contributed by atoms with Gasteiger partial charge >= 0.3 is 5.97 Å². The predicted octanol–water partition coefficient (Wildman–Crippen LogP) is 4.45. The van der Waals surface area contributed by atoms with Gasteiger partial charge in [-0.3, -0.25) is 4.90 Å². The van der Waals surface area contributed by atoms with E-state index in [0.717, 1.165) is 73.9 Å². The van der Waals surface area contributed by atoms with Crippen LogP contribution >= 0.6 is 0 Å². The average molecular weight is 492 g/mol. The number of aromatic carboxylic acids is 1. The average Bonchev–Trinajstić information content (AvgIpc) is 3.17. The van der Waals surface area contributed by atoms with Gasteiger partial charge in [0.25, 0.3) is 0 Å². The van der Waals surface area contributed by atoms with Crippen LogP contribution in [0.1, 0.15) is 60.8 Å². The molecule has 0 saturated carbocycles. The molecule has 1 N–H and O–H groups in total. The number of nitrogens with zero attached hydrogens (tertiary/aromatic N) is 3. The van der Waals surface area contributed by atoms with Gasteiger partial charge in [-0.25, -0.2) is 9.78 Å². The van der Waals surface area contributed by atoms with Crippen LogP contribution < -0.4 is 9.47 Å². The first kappa shape index (κ1) is 23.3. The topological polar surface area (TPSA) is 86.1 Å². The highest BCUT2D eigenvalue weighted by Crippen LogP contribution is 2.44. The van der Waals surface area contributed by atoms with E-state index in [1.807, 2.05) is 12.1 Å². The summed E-state index contributed by atoms with van der Waals surface area (Å²) in [5.41, 5.74) is 2.90. The fourth-order valence-electron chi connectivity index (χ4n) is 5.50. The maximum absolute atomic E-state index is 11.6. The Hall–Kier alpha value is -3.10. The maximum atomic E-state index is 11.6. The van der Waals surface area contributed by atoms with E-state index in [-0.39, 0.29) is 17.3 Å². The SMILES string of the molecule is CC1(C)COc2cccc(C3CCN(Cc4nc5ccc(C(=O)O)cc5n4CC4CCO4)CC3)c2O1. The quantitative estimate of drug-likeness (QED) is 0.545. The van der Waals surface area contributed by atoms with Gasteiger partial charge in [0.1, 0.15) is 18.0 Å². The van der Waals surface area contributed by atoms with Gasteiger partial charge in [0.15, 0.2) is 11.5 Å². The van der Waals surface area contributed by atoms with Crippen molar-refractivity contribution in [2.24, 2.45) is 0 Å². The van der Waals surface area contributed by atoms with Crippen LogP contribution in [0.25, 0.3) is 11.0 Å². The molecule has 0 spiro atoms. The van der Waals surface area contributed by atoms with Crippen molar-refractivity contribution in [3.63, 3.8) is 0 Å². The molecule has 2 fully saturated rings. The minimum atomic E-state index is -0.922. The first-order valence-electron chi connectivity index (χ1n) is 12.9. The van der Waals surface area contributed by atoms with Crippen LogP contribution in [-0.2, 0) is 17.8 Å². The number of hydrogen-bond acceptors (Lipinski definition) is 6. The van der Waals surface area contributed by atoms with Gasteiger partial charge in [-0.2, -0.15) is 0 Å². The molecule has 3 aliphatic heterocycles. The zero-order valence-corrected chi connectivity index (χ0v) is 20.9. The minimum Gasteiger partial charge on any atom is -0.486 e. The number of hydrogen-bond donors (Lipinski definition) is 1. The van der Waals surface area contributed by atoms with Crippen LogP contribution in [0, 0.1) is 0 Å². The first-order chi connectivity index (χ1) is 17.4. The number of ether oxygens (including phenoxy) is 3. The highest BCUT2D eigenvalue weighted by Gasteiger charge is 2.33. The lowest BCUT2D eigenvalue weighted by Gasteiger charge is -2.37. The normalized spacial score (nSPS) is 21.9. The van der Waals surface area contributed by atoms with E-state index in [2.05, 4.69) is 35.4 Å². The summed E-state index contributed by atoms with van der Waals surface area (Å²) in [5, 5.41) is 9.48. The van der Waals surface area contributed by atoms with Gasteiger partial charge in [-0.15, -0.1) is 0 Å². The fourth-order valence-corrected chi connectivity index (χ4v) is 5.50. The molecule has 1 unspecified atom stereocenters. The molecular weight excluding hydrogens is 458 g/mol. The Kier molecular flexibility index (Phi) is 5.88. The summed E-state index contributed by atoms with van der Waals surface area (Å²) in [5.74, 6) is 2.23. The minimum absolute atomic E-state index is 0.163. The van der Waals surface area contributed by atoms with Gasteiger partial charge < -0.3 is 23.9 Å². The van der Waals surface area contributed by atoms with Crippen LogP contribution in [0.2, 0.25) is 0 Å². The molecule has 0 aliphatic carbocycles. The first-order valence-corrected chi connectivity index (χ1v) is 12.9. The Labute approximate surface area is 210 Å². The van der Waals surface area contributed by atoms with Gasteiger partial charge in [0.05, 0.1) is 35.8 Å². The second-order valence-corrected chi connectivity index (χ2v) is 10.8. The van der Waals surface area contributed by atoms with Gasteiger partial charge in [-0.1, -0.05) is 12.1 Å². The van der Waals surface area contributed by atoms with Crippen molar-refractivity contribution in [3.8, 4) is 11.5 Å². The molecule has 4 heterocycles. The lowest BCUT2D eigenvalue weighted by molar-refractivity contribution is -0.0592. The molecule has 1 aromatic heterocycles. The van der Waals surface area contributed by atoms with Crippen molar-refractivity contribution in [3.05, 3.63) is 53.3 Å². The summed E-state index contributed by atoms with van der Waals surface area (Å²) in [4.78, 5) is 18.9. The number of likely N-dealkylation sites (tertiary alicyclic amines) is 1. The summed E-state index contributed by atoms with van der Waals surface area (Å²) in [6.07, 6.45) is 3.26. The summed E-state index contributed by atoms with van der Waals surface area (Å²) in [6.45, 7) is 8.83. The lowest BCUT2D eigenvalue weighted by atomic mass is 9.88. The molecular formula is C28H33N3O5. The van der Waals surface area contributed by atoms with Gasteiger partial charge in [0, 0.05) is 12.2 Å². The van der Waals surface area contributed by atoms with E-state index >= 15 is 0 Å². The van der Waals surface area contributed by atoms with Crippen LogP contribution in [0.4, 0.5) is 0 Å². The molecule has 190 valence electrons. The number of aromatic nitrogens is 2. The Bertz CT molecular complexity index is 1290. The smallest absolute Gasteiger partial charge is 0.335 e. The van der Waals surface area contributed by atoms with Gasteiger partial charge in [-0.05, 0) is 76.4 Å². The number of para-hydroxylation sites is 1. The molecule has 8 nitrogen and oxygen atoms in total. The van der Waals surface area contributed by atoms with Gasteiger partial charge in [0.2, 0.25) is 0 Å². The van der Waals surface area contributed by atoms with E-state index in [9.17, 15) is 9.90 Å². The molecule has 36 heavy (non-hydrogen) atoms. The Balaban J connectivity index is 1.20. The number of carboxylic acids is 1. The third-order valence-corrected chi connectivity index (χ3v) is 7.61. The Morgan fingerprint density at radius 2 is 1.97 bits per heavy atom. The summed E-state index contributed by atoms with van der Waals surface area (Å²) >= 11 is 0. The van der Waals surface area contributed by atoms with E-state index in [4.69, 9.17) is 19.2 Å². The Morgan fingerprint density at radius 1 is 1.17 bits per heavy atom. The van der Waals surface area contributed by atoms with Crippen molar-refractivity contribution in [1.82, 2.24) is 14.5 Å². The number of benzene rings is 2. The fraction of sp³-hybridized carbons (Fsp3) is 0.500. The van der Waals surface area contributed by atoms with E-state index < -0.39 is 5.97 Å². The molecule has 8 heteroatoms. The summed E-state index contributed by atoms with van der Waals surface area (Å²) in [7, 11) is 0. The zero-order valence-electron chi connectivity index (χ0n) is 20.9. The van der Waals surface area contributed by atoms with E-state index in [0.29, 0.717) is 19.1 Å². The van der Waals surface area contributed by atoms with E-state index in [1.54, 1.807) is 12.1 Å². The number of rotatable bonds is 6. The molecule has 0 radical (unpaired) electrons. The highest BCUT2D eigenvalue weighted by molar-refractivity contribution is 5.92. The third-order valence-electron chi connectivity index (χ3n) is 7.61. The lowest BCUT2D eigenvalue weighted by Crippen LogP contribution is -2.39. The second kappa shape index (κ2) is 9.09. The number of imidazole rings is 1. The highest BCUT2D eigenvalue weighted by atomic mass is 16.6. The molecule has 1 atom stereocenters. The van der Waals surface area contributed by atoms with Crippen molar-refractivity contribution in [2.75, 3.05) is 26.3 Å². The number of carboxylic acid groups (broad SMARTS) is 1. The van der Waals surface area contributed by atoms with Crippen molar-refractivity contribution in [1.29, 1.82) is 0 Å². The van der Waals surface area contributed by atoms with Crippen molar-refractivity contribution in [2.45, 2.75) is 63.8 Å². The summed E-state index contributed by atoms with van der Waals surface area (Å²) < 4.78 is 20.2. The van der Waals surface area contributed by atoms with Crippen LogP contribution in [-0.4, -0.2) is 63.5 Å². The molecule has 6 rings (SSSR count). The summed E-state index contributed by atoms with van der Waals surface area (Å²) in [6, 6.07) is 11.4. The monoisotopic (exact) mass is 491 g/mol. The maximum Gasteiger partial charge on any atom is 0.335 e.